The predicted molar refractivity (Wildman–Crippen MR) is 132 cm³/mol. The van der Waals surface area contributed by atoms with Crippen molar-refractivity contribution in [1.29, 1.82) is 5.26 Å². The number of benzene rings is 2. The van der Waals surface area contributed by atoms with E-state index in [0.29, 0.717) is 31.7 Å². The molecule has 1 fully saturated rings. The van der Waals surface area contributed by atoms with Gasteiger partial charge in [0, 0.05) is 38.9 Å². The van der Waals surface area contributed by atoms with Crippen LogP contribution < -0.4 is 10.2 Å². The number of pyridine rings is 1. The van der Waals surface area contributed by atoms with Crippen LogP contribution in [0.15, 0.2) is 79.1 Å². The normalized spacial score (nSPS) is 14.0. The summed E-state index contributed by atoms with van der Waals surface area (Å²) in [5.74, 6) is -0.996. The lowest BCUT2D eigenvalue weighted by atomic mass is 9.99. The smallest absolute Gasteiger partial charge is 0.317 e. The Bertz CT molecular complexity index is 1170. The van der Waals surface area contributed by atoms with Crippen molar-refractivity contribution in [3.8, 4) is 6.07 Å². The highest BCUT2D eigenvalue weighted by atomic mass is 16.5. The summed E-state index contributed by atoms with van der Waals surface area (Å²) in [4.78, 5) is 33.7. The summed E-state index contributed by atoms with van der Waals surface area (Å²) < 4.78 is 5.56. The van der Waals surface area contributed by atoms with Gasteiger partial charge in [-0.15, -0.1) is 0 Å². The molecule has 178 valence electrons. The number of amides is 2. The van der Waals surface area contributed by atoms with Crippen molar-refractivity contribution >= 4 is 17.7 Å². The van der Waals surface area contributed by atoms with E-state index in [-0.39, 0.29) is 25.2 Å². The number of anilines is 1. The Labute approximate surface area is 204 Å². The maximum absolute atomic E-state index is 12.9. The molecule has 35 heavy (non-hydrogen) atoms. The number of rotatable bonds is 7. The third kappa shape index (κ3) is 6.15. The molecule has 8 nitrogen and oxygen atoms in total. The van der Waals surface area contributed by atoms with Crippen molar-refractivity contribution in [3.05, 3.63) is 95.8 Å². The summed E-state index contributed by atoms with van der Waals surface area (Å²) in [6.07, 6.45) is 3.28. The molecule has 1 atom stereocenters. The molecule has 1 N–H and O–H groups in total. The summed E-state index contributed by atoms with van der Waals surface area (Å²) in [6, 6.07) is 22.5. The summed E-state index contributed by atoms with van der Waals surface area (Å²) in [5, 5.41) is 12.2. The Kier molecular flexibility index (Phi) is 7.92. The predicted octanol–water partition coefficient (Wildman–Crippen LogP) is 3.31. The lowest BCUT2D eigenvalue weighted by Gasteiger charge is -2.36. The number of carbonyl (C=O) groups excluding carboxylic acids is 2. The summed E-state index contributed by atoms with van der Waals surface area (Å²) in [7, 11) is 0. The first-order valence-corrected chi connectivity index (χ1v) is 11.5. The van der Waals surface area contributed by atoms with Gasteiger partial charge in [0.05, 0.1) is 23.4 Å². The lowest BCUT2D eigenvalue weighted by molar-refractivity contribution is -0.146. The quantitative estimate of drug-likeness (QED) is 0.533. The molecule has 1 aromatic heterocycles. The molecule has 0 radical (unpaired) electrons. The number of urea groups is 1. The SMILES string of the molecule is N#Cc1ccncc1N1CCN(C(=O)NCC(C(=O)OCc2ccccc2)c2ccccc2)CC1. The van der Waals surface area contributed by atoms with E-state index in [0.717, 1.165) is 16.8 Å². The number of carbonyl (C=O) groups is 2. The van der Waals surface area contributed by atoms with E-state index in [4.69, 9.17) is 4.74 Å². The molecule has 0 saturated carbocycles. The minimum atomic E-state index is -0.612. The van der Waals surface area contributed by atoms with Crippen LogP contribution in [0, 0.1) is 11.3 Å². The summed E-state index contributed by atoms with van der Waals surface area (Å²) in [6.45, 7) is 2.50. The van der Waals surface area contributed by atoms with Gasteiger partial charge in [0.25, 0.3) is 0 Å². The zero-order valence-corrected chi connectivity index (χ0v) is 19.3. The van der Waals surface area contributed by atoms with Crippen LogP contribution in [0.25, 0.3) is 0 Å². The van der Waals surface area contributed by atoms with E-state index in [1.807, 2.05) is 60.7 Å². The first-order chi connectivity index (χ1) is 17.2. The molecule has 0 aliphatic carbocycles. The van der Waals surface area contributed by atoms with Gasteiger partial charge in [-0.25, -0.2) is 4.79 Å². The van der Waals surface area contributed by atoms with Crippen LogP contribution in [0.5, 0.6) is 0 Å². The molecular formula is C27H27N5O3. The van der Waals surface area contributed by atoms with Gasteiger partial charge in [-0.1, -0.05) is 60.7 Å². The van der Waals surface area contributed by atoms with Crippen LogP contribution in [0.2, 0.25) is 0 Å². The molecule has 2 amide bonds. The van der Waals surface area contributed by atoms with E-state index in [1.54, 1.807) is 23.4 Å². The Morgan fingerprint density at radius 1 is 1.00 bits per heavy atom. The largest absolute Gasteiger partial charge is 0.460 e. The Hall–Kier alpha value is -4.38. The number of esters is 1. The minimum absolute atomic E-state index is 0.137. The fraction of sp³-hybridized carbons (Fsp3) is 0.259. The minimum Gasteiger partial charge on any atom is -0.460 e. The zero-order valence-electron chi connectivity index (χ0n) is 19.3. The van der Waals surface area contributed by atoms with Crippen molar-refractivity contribution in [1.82, 2.24) is 15.2 Å². The Balaban J connectivity index is 1.34. The Morgan fingerprint density at radius 2 is 1.69 bits per heavy atom. The average molecular weight is 470 g/mol. The fourth-order valence-electron chi connectivity index (χ4n) is 4.04. The molecular weight excluding hydrogens is 442 g/mol. The van der Waals surface area contributed by atoms with E-state index in [2.05, 4.69) is 21.3 Å². The number of piperazine rings is 1. The lowest BCUT2D eigenvalue weighted by Crippen LogP contribution is -2.52. The fourth-order valence-corrected chi connectivity index (χ4v) is 4.04. The van der Waals surface area contributed by atoms with E-state index in [1.165, 1.54) is 0 Å². The molecule has 3 aromatic rings. The van der Waals surface area contributed by atoms with Crippen molar-refractivity contribution in [2.45, 2.75) is 12.5 Å². The first-order valence-electron chi connectivity index (χ1n) is 11.5. The Morgan fingerprint density at radius 3 is 2.37 bits per heavy atom. The maximum atomic E-state index is 12.9. The monoisotopic (exact) mass is 469 g/mol. The van der Waals surface area contributed by atoms with Gasteiger partial charge >= 0.3 is 12.0 Å². The molecule has 2 aromatic carbocycles. The van der Waals surface area contributed by atoms with Gasteiger partial charge in [-0.05, 0) is 17.2 Å². The van der Waals surface area contributed by atoms with Crippen LogP contribution in [-0.2, 0) is 16.1 Å². The van der Waals surface area contributed by atoms with Crippen molar-refractivity contribution in [2.24, 2.45) is 0 Å². The van der Waals surface area contributed by atoms with Gasteiger partial charge in [0.1, 0.15) is 12.7 Å². The topological polar surface area (TPSA) is 98.6 Å². The highest BCUT2D eigenvalue weighted by Crippen LogP contribution is 2.21. The molecule has 4 rings (SSSR count). The van der Waals surface area contributed by atoms with Crippen molar-refractivity contribution < 1.29 is 14.3 Å². The number of nitrogens with one attached hydrogen (secondary N) is 1. The van der Waals surface area contributed by atoms with Crippen molar-refractivity contribution in [2.75, 3.05) is 37.6 Å². The third-order valence-corrected chi connectivity index (χ3v) is 6.00. The molecule has 0 bridgehead atoms. The highest BCUT2D eigenvalue weighted by molar-refractivity contribution is 5.80. The number of hydrogen-bond donors (Lipinski definition) is 1. The van der Waals surface area contributed by atoms with Crippen LogP contribution in [0.1, 0.15) is 22.6 Å². The van der Waals surface area contributed by atoms with Gasteiger partial charge in [0.15, 0.2) is 0 Å². The molecule has 0 spiro atoms. The second-order valence-corrected chi connectivity index (χ2v) is 8.22. The number of nitriles is 1. The van der Waals surface area contributed by atoms with Crippen LogP contribution in [0.3, 0.4) is 0 Å². The number of hydrogen-bond acceptors (Lipinski definition) is 6. The molecule has 1 aliphatic heterocycles. The second kappa shape index (κ2) is 11.7. The van der Waals surface area contributed by atoms with Crippen LogP contribution in [-0.4, -0.2) is 54.6 Å². The standard InChI is InChI=1S/C27H27N5O3/c28-17-23-11-12-29-19-25(23)31-13-15-32(16-14-31)27(34)30-18-24(22-9-5-2-6-10-22)26(33)35-20-21-7-3-1-4-8-21/h1-12,19,24H,13-16,18,20H2,(H,30,34). The molecule has 1 saturated heterocycles. The van der Waals surface area contributed by atoms with Crippen molar-refractivity contribution in [3.63, 3.8) is 0 Å². The van der Waals surface area contributed by atoms with Crippen LogP contribution >= 0.6 is 0 Å². The van der Waals surface area contributed by atoms with Gasteiger partial charge in [0.2, 0.25) is 0 Å². The molecule has 8 heteroatoms. The summed E-state index contributed by atoms with van der Waals surface area (Å²) in [5.41, 5.74) is 3.04. The third-order valence-electron chi connectivity index (χ3n) is 6.00. The molecule has 1 aliphatic rings. The maximum Gasteiger partial charge on any atom is 0.317 e. The number of aromatic nitrogens is 1. The average Bonchev–Trinajstić information content (AvgIpc) is 2.93. The van der Waals surface area contributed by atoms with Crippen LogP contribution in [0.4, 0.5) is 10.5 Å². The first kappa shape index (κ1) is 23.8. The highest BCUT2D eigenvalue weighted by Gasteiger charge is 2.26. The van der Waals surface area contributed by atoms with E-state index >= 15 is 0 Å². The van der Waals surface area contributed by atoms with Gasteiger partial charge in [-0.2, -0.15) is 5.26 Å². The molecule has 2 heterocycles. The number of nitrogens with zero attached hydrogens (tertiary/aromatic N) is 4. The summed E-state index contributed by atoms with van der Waals surface area (Å²) >= 11 is 0. The van der Waals surface area contributed by atoms with E-state index < -0.39 is 5.92 Å². The van der Waals surface area contributed by atoms with E-state index in [9.17, 15) is 14.9 Å². The van der Waals surface area contributed by atoms with Gasteiger partial charge < -0.3 is 19.9 Å². The van der Waals surface area contributed by atoms with Gasteiger partial charge in [-0.3, -0.25) is 9.78 Å². The molecule has 1 unspecified atom stereocenters. The number of ether oxygens (including phenoxy) is 1. The second-order valence-electron chi connectivity index (χ2n) is 8.22. The zero-order chi connectivity index (χ0) is 24.5.